The summed E-state index contributed by atoms with van der Waals surface area (Å²) >= 11 is 0. The highest BCUT2D eigenvalue weighted by molar-refractivity contribution is 5.79. The third-order valence-electron chi connectivity index (χ3n) is 1.50. The van der Waals surface area contributed by atoms with Crippen LogP contribution < -0.4 is 5.73 Å². The zero-order valence-corrected chi connectivity index (χ0v) is 5.83. The van der Waals surface area contributed by atoms with E-state index in [0.29, 0.717) is 0 Å². The molecule has 1 aromatic heterocycles. The first kappa shape index (κ1) is 5.99. The highest BCUT2D eigenvalue weighted by Crippen LogP contribution is 2.11. The predicted molar refractivity (Wildman–Crippen MR) is 43.8 cm³/mol. The maximum atomic E-state index is 5.56. The van der Waals surface area contributed by atoms with E-state index in [1.54, 1.807) is 6.20 Å². The first-order valence-corrected chi connectivity index (χ1v) is 3.30. The van der Waals surface area contributed by atoms with Gasteiger partial charge in [-0.05, 0) is 24.3 Å². The van der Waals surface area contributed by atoms with Gasteiger partial charge in [0.1, 0.15) is 0 Å². The third-order valence-corrected chi connectivity index (χ3v) is 1.50. The molecule has 1 aromatic carbocycles. The van der Waals surface area contributed by atoms with Gasteiger partial charge in [0.15, 0.2) is 0 Å². The van der Waals surface area contributed by atoms with E-state index < -0.39 is 0 Å². The molecule has 0 atom stereocenters. The number of fused-ring (bicyclic) bond motifs is 1. The van der Waals surface area contributed by atoms with Gasteiger partial charge in [-0.15, -0.1) is 0 Å². The van der Waals surface area contributed by atoms with Gasteiger partial charge in [0.2, 0.25) is 0 Å². The highest BCUT2D eigenvalue weighted by Gasteiger charge is 1.90. The van der Waals surface area contributed by atoms with Crippen LogP contribution in [0.1, 0.15) is 0 Å². The fraction of sp³-hybridized carbons (Fsp3) is 0. The van der Waals surface area contributed by atoms with Gasteiger partial charge in [-0.25, -0.2) is 4.98 Å². The average molecular weight is 142 g/mol. The van der Waals surface area contributed by atoms with E-state index in [1.807, 2.05) is 18.2 Å². The highest BCUT2D eigenvalue weighted by atomic mass is 14.6. The van der Waals surface area contributed by atoms with E-state index >= 15 is 0 Å². The number of rotatable bonds is 0. The number of nitrogen functional groups attached to an aromatic ring is 1. The molecule has 0 saturated heterocycles. The Morgan fingerprint density at radius 2 is 2.27 bits per heavy atom. The molecule has 0 fully saturated rings. The Morgan fingerprint density at radius 3 is 3.18 bits per heavy atom. The van der Waals surface area contributed by atoms with E-state index in [9.17, 15) is 0 Å². The molecule has 1 heterocycles. The van der Waals surface area contributed by atoms with Crippen LogP contribution in [0.4, 0.5) is 5.69 Å². The monoisotopic (exact) mass is 142 g/mol. The minimum absolute atomic E-state index is 0.732. The van der Waals surface area contributed by atoms with Crippen molar-refractivity contribution < 1.29 is 0 Å². The van der Waals surface area contributed by atoms with Gasteiger partial charge >= 0.3 is 0 Å². The second-order valence-corrected chi connectivity index (χ2v) is 2.30. The Balaban J connectivity index is 2.83. The molecule has 0 unspecified atom stereocenters. The lowest BCUT2D eigenvalue weighted by Crippen LogP contribution is -1.83. The smallest absolute Gasteiger partial charge is 0.0795 e. The summed E-state index contributed by atoms with van der Waals surface area (Å²) in [6.45, 7) is 0. The minimum atomic E-state index is 0.732. The van der Waals surface area contributed by atoms with Gasteiger partial charge < -0.3 is 5.73 Å². The molecule has 0 aliphatic rings. The van der Waals surface area contributed by atoms with E-state index in [1.165, 1.54) is 0 Å². The lowest BCUT2D eigenvalue weighted by Gasteiger charge is -1.92. The molecular weight excluding hydrogens is 136 g/mol. The summed E-state index contributed by atoms with van der Waals surface area (Å²) in [5, 5.41) is 0.910. The van der Waals surface area contributed by atoms with Crippen molar-refractivity contribution in [3.8, 4) is 0 Å². The second kappa shape index (κ2) is 2.14. The topological polar surface area (TPSA) is 38.9 Å². The summed E-state index contributed by atoms with van der Waals surface area (Å²) in [6.07, 6.45) is 1.60. The van der Waals surface area contributed by atoms with Crippen molar-refractivity contribution in [2.75, 3.05) is 5.73 Å². The van der Waals surface area contributed by atoms with Gasteiger partial charge in [0.25, 0.3) is 0 Å². The summed E-state index contributed by atoms with van der Waals surface area (Å²) in [6, 6.07) is 11.2. The molecule has 2 rings (SSSR count). The molecule has 0 saturated carbocycles. The molecule has 0 bridgehead atoms. The van der Waals surface area contributed by atoms with Crippen LogP contribution in [0, 0.1) is 12.1 Å². The van der Waals surface area contributed by atoms with E-state index in [4.69, 9.17) is 5.73 Å². The zero-order chi connectivity index (χ0) is 7.68. The molecule has 0 aliphatic heterocycles. The minimum Gasteiger partial charge on any atom is -0.399 e. The summed E-state index contributed by atoms with van der Waals surface area (Å²) in [5.41, 5.74) is 7.19. The molecule has 11 heavy (non-hydrogen) atoms. The van der Waals surface area contributed by atoms with Crippen molar-refractivity contribution in [1.82, 2.24) is 4.98 Å². The molecule has 52 valence electrons. The summed E-state index contributed by atoms with van der Waals surface area (Å²) in [4.78, 5) is 4.08. The average Bonchev–Trinajstić information content (AvgIpc) is 2.04. The van der Waals surface area contributed by atoms with Crippen molar-refractivity contribution in [2.45, 2.75) is 0 Å². The Bertz CT molecular complexity index is 382. The number of hydrogen-bond donors (Lipinski definition) is 1. The van der Waals surface area contributed by atoms with Crippen LogP contribution in [0.5, 0.6) is 0 Å². The van der Waals surface area contributed by atoms with Crippen LogP contribution in [0.15, 0.2) is 24.4 Å². The number of nitrogens with zero attached hydrogens (tertiary/aromatic N) is 1. The Kier molecular flexibility index (Phi) is 1.16. The third kappa shape index (κ3) is 0.968. The van der Waals surface area contributed by atoms with Gasteiger partial charge in [-0.1, -0.05) is 6.07 Å². The Hall–Kier alpha value is -1.75. The molecule has 2 N–H and O–H groups in total. The van der Waals surface area contributed by atoms with Gasteiger partial charge in [-0.2, -0.15) is 0 Å². The maximum Gasteiger partial charge on any atom is 0.0795 e. The van der Waals surface area contributed by atoms with Gasteiger partial charge in [0.05, 0.1) is 17.1 Å². The molecule has 0 spiro atoms. The number of anilines is 1. The van der Waals surface area contributed by atoms with Crippen molar-refractivity contribution in [3.63, 3.8) is 0 Å². The van der Waals surface area contributed by atoms with Gasteiger partial charge in [0, 0.05) is 5.69 Å². The lowest BCUT2D eigenvalue weighted by atomic mass is 10.2. The number of nitrogens with two attached hydrogens (primary N) is 1. The summed E-state index contributed by atoms with van der Waals surface area (Å²) in [7, 11) is 0. The number of hydrogen-bond acceptors (Lipinski definition) is 2. The van der Waals surface area contributed by atoms with Crippen molar-refractivity contribution in [1.29, 1.82) is 0 Å². The van der Waals surface area contributed by atoms with E-state index in [2.05, 4.69) is 17.1 Å². The number of aromatic nitrogens is 1. The second-order valence-electron chi connectivity index (χ2n) is 2.30. The fourth-order valence-corrected chi connectivity index (χ4v) is 0.978. The van der Waals surface area contributed by atoms with Crippen LogP contribution >= 0.6 is 0 Å². The predicted octanol–water partition coefficient (Wildman–Crippen LogP) is 1.42. The molecule has 2 nitrogen and oxygen atoms in total. The fourth-order valence-electron chi connectivity index (χ4n) is 0.978. The van der Waals surface area contributed by atoms with Crippen LogP contribution in [-0.2, 0) is 0 Å². The van der Waals surface area contributed by atoms with Crippen LogP contribution in [-0.4, -0.2) is 4.98 Å². The van der Waals surface area contributed by atoms with Crippen LogP contribution in [0.2, 0.25) is 0 Å². The van der Waals surface area contributed by atoms with E-state index in [-0.39, 0.29) is 0 Å². The Labute approximate surface area is 64.7 Å². The molecule has 0 amide bonds. The number of benzene rings is 1. The summed E-state index contributed by atoms with van der Waals surface area (Å²) < 4.78 is 0. The first-order valence-electron chi connectivity index (χ1n) is 3.30. The van der Waals surface area contributed by atoms with Crippen molar-refractivity contribution >= 4 is 16.6 Å². The van der Waals surface area contributed by atoms with Crippen molar-refractivity contribution in [2.24, 2.45) is 0 Å². The molecule has 0 radical (unpaired) electrons. The largest absolute Gasteiger partial charge is 0.399 e. The molecular formula is C9H6N2. The van der Waals surface area contributed by atoms with Crippen molar-refractivity contribution in [3.05, 3.63) is 36.5 Å². The Morgan fingerprint density at radius 1 is 1.36 bits per heavy atom. The summed E-state index contributed by atoms with van der Waals surface area (Å²) in [5.74, 6) is 0. The normalized spacial score (nSPS) is 9.45. The lowest BCUT2D eigenvalue weighted by molar-refractivity contribution is 1.42. The molecule has 2 heteroatoms. The maximum absolute atomic E-state index is 5.56. The van der Waals surface area contributed by atoms with Crippen LogP contribution in [0.3, 0.4) is 0 Å². The zero-order valence-electron chi connectivity index (χ0n) is 5.83. The SMILES string of the molecule is Nc1ccc2ncc#cc2c1. The van der Waals surface area contributed by atoms with Crippen LogP contribution in [0.25, 0.3) is 10.9 Å². The molecule has 2 aromatic rings. The van der Waals surface area contributed by atoms with E-state index in [0.717, 1.165) is 16.6 Å². The van der Waals surface area contributed by atoms with Gasteiger partial charge in [-0.3, -0.25) is 0 Å². The quantitative estimate of drug-likeness (QED) is 0.565. The standard InChI is InChI=1S/C9H6N2/c10-8-3-4-9-7(6-8)2-1-5-11-9/h3-6H,10H2. The molecule has 0 aliphatic carbocycles. The first-order chi connectivity index (χ1) is 5.36.